The number of nitrogens with one attached hydrogen (secondary N) is 2. The van der Waals surface area contributed by atoms with E-state index in [0.29, 0.717) is 27.1 Å². The van der Waals surface area contributed by atoms with Crippen LogP contribution in [0.25, 0.3) is 22.6 Å². The van der Waals surface area contributed by atoms with Gasteiger partial charge in [-0.15, -0.1) is 0 Å². The predicted octanol–water partition coefficient (Wildman–Crippen LogP) is 2.93. The van der Waals surface area contributed by atoms with Crippen LogP contribution in [0.15, 0.2) is 52.0 Å². The van der Waals surface area contributed by atoms with Crippen LogP contribution in [0.1, 0.15) is 0 Å². The second kappa shape index (κ2) is 8.90. The normalized spacial score (nSPS) is 12.9. The summed E-state index contributed by atoms with van der Waals surface area (Å²) in [5.41, 5.74) is 1.57. The van der Waals surface area contributed by atoms with Crippen LogP contribution in [0.5, 0.6) is 0 Å². The van der Waals surface area contributed by atoms with Crippen LogP contribution in [0.2, 0.25) is 5.02 Å². The molecule has 0 amide bonds. The molecule has 29 heavy (non-hydrogen) atoms. The number of aromatic nitrogens is 2. The van der Waals surface area contributed by atoms with Crippen molar-refractivity contribution in [2.45, 2.75) is 11.0 Å². The van der Waals surface area contributed by atoms with E-state index in [-0.39, 0.29) is 16.5 Å². The summed E-state index contributed by atoms with van der Waals surface area (Å²) in [4.78, 5) is 7.06. The van der Waals surface area contributed by atoms with Crippen molar-refractivity contribution in [3.63, 3.8) is 0 Å². The molecule has 1 heterocycles. The van der Waals surface area contributed by atoms with E-state index in [1.807, 2.05) is 0 Å². The van der Waals surface area contributed by atoms with E-state index in [2.05, 4.69) is 30.6 Å². The first kappa shape index (κ1) is 21.9. The number of nitrogens with zero attached hydrogens (tertiary/aromatic N) is 1. The molecule has 0 saturated heterocycles. The molecule has 11 heteroatoms. The molecule has 1 atom stereocenters. The number of hydrogen-bond donors (Lipinski definition) is 4. The van der Waals surface area contributed by atoms with Gasteiger partial charge in [-0.2, -0.15) is 0 Å². The predicted molar refractivity (Wildman–Crippen MR) is 110 cm³/mol. The van der Waals surface area contributed by atoms with Crippen molar-refractivity contribution in [3.05, 3.63) is 57.9 Å². The van der Waals surface area contributed by atoms with Gasteiger partial charge in [-0.1, -0.05) is 17.7 Å². The first-order valence-electron chi connectivity index (χ1n) is 8.30. The van der Waals surface area contributed by atoms with Gasteiger partial charge in [0.25, 0.3) is 0 Å². The number of aliphatic hydroxyl groups excluding tert-OH is 2. The van der Waals surface area contributed by atoms with Crippen molar-refractivity contribution >= 4 is 37.6 Å². The molecular formula is C18H16BrClFN3O4S. The largest absolute Gasteiger partial charge is 0.394 e. The lowest BCUT2D eigenvalue weighted by Crippen LogP contribution is -2.34. The number of rotatable bonds is 7. The highest BCUT2D eigenvalue weighted by Gasteiger charge is 2.20. The van der Waals surface area contributed by atoms with Gasteiger partial charge < -0.3 is 15.2 Å². The third kappa shape index (κ3) is 5.03. The van der Waals surface area contributed by atoms with Crippen molar-refractivity contribution in [2.24, 2.45) is 0 Å². The average molecular weight is 505 g/mol. The van der Waals surface area contributed by atoms with Crippen LogP contribution in [0.3, 0.4) is 0 Å². The lowest BCUT2D eigenvalue weighted by Gasteiger charge is -2.11. The Morgan fingerprint density at radius 3 is 2.66 bits per heavy atom. The topological polar surface area (TPSA) is 115 Å². The van der Waals surface area contributed by atoms with Crippen molar-refractivity contribution in [1.29, 1.82) is 0 Å². The van der Waals surface area contributed by atoms with Crippen LogP contribution < -0.4 is 4.72 Å². The van der Waals surface area contributed by atoms with Crippen LogP contribution in [0, 0.1) is 5.82 Å². The Kier molecular flexibility index (Phi) is 6.72. The molecule has 0 radical (unpaired) electrons. The molecule has 0 unspecified atom stereocenters. The summed E-state index contributed by atoms with van der Waals surface area (Å²) in [5.74, 6) is -0.0542. The number of benzene rings is 2. The highest BCUT2D eigenvalue weighted by atomic mass is 79.9. The number of H-pyrrole nitrogens is 1. The Labute approximate surface area is 179 Å². The van der Waals surface area contributed by atoms with Gasteiger partial charge in [0.2, 0.25) is 10.0 Å². The number of halogens is 3. The number of aliphatic hydroxyl groups is 2. The van der Waals surface area contributed by atoms with Gasteiger partial charge in [0, 0.05) is 17.7 Å². The lowest BCUT2D eigenvalue weighted by atomic mass is 10.2. The van der Waals surface area contributed by atoms with Crippen LogP contribution in [0.4, 0.5) is 4.39 Å². The number of imidazole rings is 1. The van der Waals surface area contributed by atoms with E-state index in [4.69, 9.17) is 16.7 Å². The quantitative estimate of drug-likeness (QED) is 0.395. The zero-order valence-corrected chi connectivity index (χ0v) is 17.9. The molecule has 7 nitrogen and oxygen atoms in total. The molecule has 0 spiro atoms. The SMILES string of the molecule is O=S(=O)(NC[C@@H](O)CO)c1cc(-c2ncc(-c3ccc(Br)c(F)c3)[nH]2)ccc1Cl. The maximum atomic E-state index is 13.8. The summed E-state index contributed by atoms with van der Waals surface area (Å²) in [6.45, 7) is -0.943. The summed E-state index contributed by atoms with van der Waals surface area (Å²) < 4.78 is 41.3. The van der Waals surface area contributed by atoms with Crippen LogP contribution in [-0.4, -0.2) is 47.9 Å². The van der Waals surface area contributed by atoms with Gasteiger partial charge in [0.05, 0.1) is 34.1 Å². The zero-order valence-electron chi connectivity index (χ0n) is 14.7. The Balaban J connectivity index is 1.92. The zero-order chi connectivity index (χ0) is 21.2. The second-order valence-electron chi connectivity index (χ2n) is 6.11. The van der Waals surface area contributed by atoms with Gasteiger partial charge in [-0.25, -0.2) is 22.5 Å². The monoisotopic (exact) mass is 503 g/mol. The van der Waals surface area contributed by atoms with Crippen LogP contribution >= 0.6 is 27.5 Å². The molecule has 3 aromatic rings. The number of hydrogen-bond acceptors (Lipinski definition) is 5. The molecule has 1 aromatic heterocycles. The summed E-state index contributed by atoms with van der Waals surface area (Å²) >= 11 is 9.14. The molecule has 3 rings (SSSR count). The van der Waals surface area contributed by atoms with Gasteiger partial charge in [-0.05, 0) is 46.3 Å². The van der Waals surface area contributed by atoms with Gasteiger partial charge in [0.1, 0.15) is 16.5 Å². The highest BCUT2D eigenvalue weighted by Crippen LogP contribution is 2.29. The molecule has 0 saturated carbocycles. The van der Waals surface area contributed by atoms with E-state index in [0.717, 1.165) is 0 Å². The summed E-state index contributed by atoms with van der Waals surface area (Å²) in [7, 11) is -4.03. The minimum Gasteiger partial charge on any atom is -0.394 e. The van der Waals surface area contributed by atoms with E-state index in [1.54, 1.807) is 18.2 Å². The number of aromatic amines is 1. The molecular weight excluding hydrogens is 489 g/mol. The second-order valence-corrected chi connectivity index (χ2v) is 9.10. The standard InChI is InChI=1S/C18H16BrClFN3O4S/c19-13-3-1-10(5-15(13)21)16-8-22-18(24-16)11-2-4-14(20)17(6-11)29(27,28)23-7-12(26)9-25/h1-6,8,12,23,25-26H,7,9H2,(H,22,24)/t12-/m1/s1. The summed E-state index contributed by atoms with van der Waals surface area (Å²) in [5, 5.41) is 18.2. The van der Waals surface area contributed by atoms with Crippen molar-refractivity contribution in [1.82, 2.24) is 14.7 Å². The third-order valence-corrected chi connectivity index (χ3v) is 6.57. The first-order valence-corrected chi connectivity index (χ1v) is 11.0. The Hall–Kier alpha value is -1.82. The molecule has 154 valence electrons. The molecule has 0 aliphatic heterocycles. The summed E-state index contributed by atoms with van der Waals surface area (Å²) in [6, 6.07) is 8.96. The Morgan fingerprint density at radius 1 is 1.24 bits per heavy atom. The molecule has 0 bridgehead atoms. The Morgan fingerprint density at radius 2 is 1.97 bits per heavy atom. The van der Waals surface area contributed by atoms with Crippen molar-refractivity contribution in [3.8, 4) is 22.6 Å². The van der Waals surface area contributed by atoms with Crippen molar-refractivity contribution in [2.75, 3.05) is 13.2 Å². The van der Waals surface area contributed by atoms with E-state index < -0.39 is 28.6 Å². The highest BCUT2D eigenvalue weighted by molar-refractivity contribution is 9.10. The minimum atomic E-state index is -4.03. The molecule has 4 N–H and O–H groups in total. The fourth-order valence-corrected chi connectivity index (χ4v) is 4.33. The smallest absolute Gasteiger partial charge is 0.242 e. The van der Waals surface area contributed by atoms with Crippen molar-refractivity contribution < 1.29 is 23.0 Å². The minimum absolute atomic E-state index is 0.0125. The molecule has 0 aliphatic rings. The third-order valence-electron chi connectivity index (χ3n) is 4.02. The average Bonchev–Trinajstić information content (AvgIpc) is 3.18. The molecule has 2 aromatic carbocycles. The number of sulfonamides is 1. The van der Waals surface area contributed by atoms with E-state index in [1.165, 1.54) is 24.4 Å². The molecule has 0 fully saturated rings. The maximum absolute atomic E-state index is 13.8. The van der Waals surface area contributed by atoms with E-state index >= 15 is 0 Å². The van der Waals surface area contributed by atoms with Gasteiger partial charge >= 0.3 is 0 Å². The van der Waals surface area contributed by atoms with Crippen LogP contribution in [-0.2, 0) is 10.0 Å². The summed E-state index contributed by atoms with van der Waals surface area (Å²) in [6.07, 6.45) is 0.280. The fourth-order valence-electron chi connectivity index (χ4n) is 2.48. The Bertz CT molecular complexity index is 1140. The van der Waals surface area contributed by atoms with Gasteiger partial charge in [-0.3, -0.25) is 0 Å². The maximum Gasteiger partial charge on any atom is 0.242 e. The molecule has 0 aliphatic carbocycles. The fraction of sp³-hybridized carbons (Fsp3) is 0.167. The lowest BCUT2D eigenvalue weighted by molar-refractivity contribution is 0.0988. The van der Waals surface area contributed by atoms with E-state index in [9.17, 15) is 17.9 Å². The first-order chi connectivity index (χ1) is 13.7. The van der Waals surface area contributed by atoms with Gasteiger partial charge in [0.15, 0.2) is 0 Å².